The summed E-state index contributed by atoms with van der Waals surface area (Å²) in [4.78, 5) is 16.9. The smallest absolute Gasteiger partial charge is 0.259 e. The van der Waals surface area contributed by atoms with Crippen molar-refractivity contribution in [2.24, 2.45) is 0 Å². The van der Waals surface area contributed by atoms with Crippen molar-refractivity contribution in [2.45, 2.75) is 19.9 Å². The molecule has 4 nitrogen and oxygen atoms in total. The molecule has 2 aromatic heterocycles. The minimum absolute atomic E-state index is 0.0347. The number of rotatable bonds is 3. The van der Waals surface area contributed by atoms with E-state index in [-0.39, 0.29) is 5.56 Å². The Kier molecular flexibility index (Phi) is 3.28. The van der Waals surface area contributed by atoms with E-state index < -0.39 is 0 Å². The summed E-state index contributed by atoms with van der Waals surface area (Å²) < 4.78 is 1.62. The summed E-state index contributed by atoms with van der Waals surface area (Å²) in [7, 11) is 0. The molecule has 102 valence electrons. The minimum Gasteiger partial charge on any atom is -0.385 e. The number of benzene rings is 1. The predicted molar refractivity (Wildman–Crippen MR) is 83.2 cm³/mol. The number of aryl methyl sites for hydroxylation is 2. The van der Waals surface area contributed by atoms with Gasteiger partial charge in [-0.1, -0.05) is 18.2 Å². The Labute approximate surface area is 120 Å². The zero-order chi connectivity index (χ0) is 14.1. The average Bonchev–Trinajstić information content (AvgIpc) is 2.84. The summed E-state index contributed by atoms with van der Waals surface area (Å²) >= 11 is 1.62. The lowest BCUT2D eigenvalue weighted by atomic mass is 10.1. The van der Waals surface area contributed by atoms with Crippen LogP contribution in [0.2, 0.25) is 0 Å². The molecule has 0 atom stereocenters. The van der Waals surface area contributed by atoms with Crippen LogP contribution in [0, 0.1) is 6.92 Å². The van der Waals surface area contributed by atoms with Crippen molar-refractivity contribution in [3.8, 4) is 0 Å². The van der Waals surface area contributed by atoms with E-state index in [1.54, 1.807) is 15.9 Å². The zero-order valence-electron chi connectivity index (χ0n) is 11.2. The van der Waals surface area contributed by atoms with Gasteiger partial charge in [-0.25, -0.2) is 4.98 Å². The molecule has 0 unspecified atom stereocenters. The van der Waals surface area contributed by atoms with Gasteiger partial charge >= 0.3 is 0 Å². The molecule has 20 heavy (non-hydrogen) atoms. The van der Waals surface area contributed by atoms with Crippen molar-refractivity contribution in [3.63, 3.8) is 0 Å². The maximum absolute atomic E-state index is 12.4. The Morgan fingerprint density at radius 2 is 2.15 bits per heavy atom. The molecule has 0 aliphatic rings. The third kappa shape index (κ3) is 2.32. The number of thiazole rings is 1. The summed E-state index contributed by atoms with van der Waals surface area (Å²) in [6.07, 6.45) is 0.715. The number of fused-ring (bicyclic) bond motifs is 1. The molecular formula is C15H15N3OS. The molecule has 2 heterocycles. The molecule has 1 aromatic carbocycles. The highest BCUT2D eigenvalue weighted by Gasteiger charge is 2.07. The number of hydrogen-bond acceptors (Lipinski definition) is 4. The molecule has 0 spiro atoms. The third-order valence-corrected chi connectivity index (χ3v) is 4.13. The number of aromatic nitrogens is 2. The Balaban J connectivity index is 1.97. The molecule has 3 aromatic rings. The molecule has 5 heteroatoms. The van der Waals surface area contributed by atoms with E-state index in [2.05, 4.69) is 4.98 Å². The maximum Gasteiger partial charge on any atom is 0.259 e. The fraction of sp³-hybridized carbons (Fsp3) is 0.200. The van der Waals surface area contributed by atoms with Crippen LogP contribution in [0.4, 0.5) is 5.82 Å². The van der Waals surface area contributed by atoms with Crippen molar-refractivity contribution in [1.82, 2.24) is 9.55 Å². The summed E-state index contributed by atoms with van der Waals surface area (Å²) in [5.41, 5.74) is 6.97. The lowest BCUT2D eigenvalue weighted by molar-refractivity contribution is 0.676. The van der Waals surface area contributed by atoms with Gasteiger partial charge < -0.3 is 5.73 Å². The van der Waals surface area contributed by atoms with E-state index >= 15 is 0 Å². The lowest BCUT2D eigenvalue weighted by Crippen LogP contribution is -2.24. The largest absolute Gasteiger partial charge is 0.385 e. The van der Waals surface area contributed by atoms with Gasteiger partial charge in [0.05, 0.1) is 10.7 Å². The first-order chi connectivity index (χ1) is 9.65. The van der Waals surface area contributed by atoms with Gasteiger partial charge in [0.15, 0.2) is 0 Å². The number of pyridine rings is 1. The molecule has 0 saturated carbocycles. The lowest BCUT2D eigenvalue weighted by Gasteiger charge is -2.10. The van der Waals surface area contributed by atoms with Gasteiger partial charge in [0.25, 0.3) is 5.56 Å². The number of nitrogens with zero attached hydrogens (tertiary/aromatic N) is 2. The molecular weight excluding hydrogens is 270 g/mol. The maximum atomic E-state index is 12.4. The van der Waals surface area contributed by atoms with Crippen LogP contribution in [0.3, 0.4) is 0 Å². The molecule has 0 radical (unpaired) electrons. The highest BCUT2D eigenvalue weighted by atomic mass is 32.1. The summed E-state index contributed by atoms with van der Waals surface area (Å²) in [6, 6.07) is 9.36. The van der Waals surface area contributed by atoms with Crippen LogP contribution >= 0.6 is 11.3 Å². The zero-order valence-corrected chi connectivity index (χ0v) is 12.0. The molecule has 0 bridgehead atoms. The highest BCUT2D eigenvalue weighted by Crippen LogP contribution is 2.14. The number of anilines is 1. The summed E-state index contributed by atoms with van der Waals surface area (Å²) in [6.45, 7) is 2.53. The molecule has 0 saturated heterocycles. The first-order valence-electron chi connectivity index (χ1n) is 6.44. The van der Waals surface area contributed by atoms with Crippen LogP contribution in [-0.4, -0.2) is 9.55 Å². The Bertz CT molecular complexity index is 819. The van der Waals surface area contributed by atoms with E-state index in [0.29, 0.717) is 24.2 Å². The fourth-order valence-corrected chi connectivity index (χ4v) is 2.94. The van der Waals surface area contributed by atoms with Gasteiger partial charge in [-0.05, 0) is 24.4 Å². The number of hydrogen-bond donors (Lipinski definition) is 1. The standard InChI is InChI=1S/C15H15N3OS/c1-10-17-12(9-20-10)6-7-18-14(16)8-11-4-2-3-5-13(11)15(18)19/h2-5,8-9H,6-7,16H2,1H3. The van der Waals surface area contributed by atoms with Crippen molar-refractivity contribution >= 4 is 27.9 Å². The molecule has 0 aliphatic heterocycles. The van der Waals surface area contributed by atoms with Crippen LogP contribution in [0.15, 0.2) is 40.5 Å². The quantitative estimate of drug-likeness (QED) is 0.804. The van der Waals surface area contributed by atoms with E-state index in [4.69, 9.17) is 5.73 Å². The second-order valence-electron chi connectivity index (χ2n) is 4.72. The highest BCUT2D eigenvalue weighted by molar-refractivity contribution is 7.09. The van der Waals surface area contributed by atoms with Crippen molar-refractivity contribution in [1.29, 1.82) is 0 Å². The van der Waals surface area contributed by atoms with E-state index in [0.717, 1.165) is 16.1 Å². The predicted octanol–water partition coefficient (Wildman–Crippen LogP) is 2.59. The first kappa shape index (κ1) is 12.9. The molecule has 0 amide bonds. The monoisotopic (exact) mass is 285 g/mol. The Morgan fingerprint density at radius 3 is 2.90 bits per heavy atom. The van der Waals surface area contributed by atoms with Gasteiger partial charge in [0.2, 0.25) is 0 Å². The van der Waals surface area contributed by atoms with Gasteiger partial charge in [-0.3, -0.25) is 9.36 Å². The van der Waals surface area contributed by atoms with Gasteiger partial charge in [-0.2, -0.15) is 0 Å². The van der Waals surface area contributed by atoms with Crippen LogP contribution in [-0.2, 0) is 13.0 Å². The molecule has 2 N–H and O–H groups in total. The van der Waals surface area contributed by atoms with Crippen molar-refractivity contribution < 1.29 is 0 Å². The van der Waals surface area contributed by atoms with Crippen LogP contribution in [0.25, 0.3) is 10.8 Å². The minimum atomic E-state index is -0.0347. The second-order valence-corrected chi connectivity index (χ2v) is 5.78. The normalized spacial score (nSPS) is 11.1. The van der Waals surface area contributed by atoms with Crippen molar-refractivity contribution in [2.75, 3.05) is 5.73 Å². The van der Waals surface area contributed by atoms with Crippen LogP contribution in [0.1, 0.15) is 10.7 Å². The second kappa shape index (κ2) is 5.09. The van der Waals surface area contributed by atoms with E-state index in [1.165, 1.54) is 0 Å². The van der Waals surface area contributed by atoms with Crippen molar-refractivity contribution in [3.05, 3.63) is 56.8 Å². The number of nitrogens with two attached hydrogens (primary N) is 1. The first-order valence-corrected chi connectivity index (χ1v) is 7.32. The SMILES string of the molecule is Cc1nc(CCn2c(N)cc3ccccc3c2=O)cs1. The van der Waals surface area contributed by atoms with E-state index in [9.17, 15) is 4.79 Å². The Morgan fingerprint density at radius 1 is 1.35 bits per heavy atom. The summed E-state index contributed by atoms with van der Waals surface area (Å²) in [5.74, 6) is 0.501. The molecule has 0 fully saturated rings. The third-order valence-electron chi connectivity index (χ3n) is 3.31. The number of nitrogen functional groups attached to an aromatic ring is 1. The molecule has 0 aliphatic carbocycles. The van der Waals surface area contributed by atoms with Gasteiger partial charge in [-0.15, -0.1) is 11.3 Å². The fourth-order valence-electron chi connectivity index (χ4n) is 2.30. The van der Waals surface area contributed by atoms with Gasteiger partial charge in [0, 0.05) is 23.7 Å². The Hall–Kier alpha value is -2.14. The van der Waals surface area contributed by atoms with Crippen LogP contribution in [0.5, 0.6) is 0 Å². The van der Waals surface area contributed by atoms with E-state index in [1.807, 2.05) is 42.6 Å². The van der Waals surface area contributed by atoms with Crippen LogP contribution < -0.4 is 11.3 Å². The topological polar surface area (TPSA) is 60.9 Å². The summed E-state index contributed by atoms with van der Waals surface area (Å²) in [5, 5.41) is 4.66. The van der Waals surface area contributed by atoms with Gasteiger partial charge in [0.1, 0.15) is 5.82 Å². The average molecular weight is 285 g/mol. The molecule has 3 rings (SSSR count).